The molecule has 0 N–H and O–H groups in total. The molecule has 7 nitrogen and oxygen atoms in total. The molecule has 196 valence electrons. The van der Waals surface area contributed by atoms with Gasteiger partial charge < -0.3 is 18.8 Å². The van der Waals surface area contributed by atoms with Crippen LogP contribution < -0.4 is 4.74 Å². The van der Waals surface area contributed by atoms with E-state index in [9.17, 15) is 4.79 Å². The van der Waals surface area contributed by atoms with Gasteiger partial charge >= 0.3 is 12.1 Å². The van der Waals surface area contributed by atoms with E-state index in [0.29, 0.717) is 42.1 Å². The SMILES string of the molecule is C=[Si](OCc1cccc(-c2cnc(OC3CCN(C(=O)OC(C)(C)C)C3)nc2)c1F)C(C)(C)C(C)C. The molecular formula is C27H38FN3O4Si. The van der Waals surface area contributed by atoms with Crippen LogP contribution in [-0.2, 0) is 15.8 Å². The fourth-order valence-electron chi connectivity index (χ4n) is 3.57. The maximum Gasteiger partial charge on any atom is 0.410 e. The molecule has 1 aromatic heterocycles. The Labute approximate surface area is 215 Å². The van der Waals surface area contributed by atoms with Crippen LogP contribution in [0.5, 0.6) is 6.01 Å². The largest absolute Gasteiger partial charge is 0.546 e. The summed E-state index contributed by atoms with van der Waals surface area (Å²) in [5, 5.41) is -0.0360. The highest BCUT2D eigenvalue weighted by Gasteiger charge is 2.31. The van der Waals surface area contributed by atoms with Crippen molar-refractivity contribution in [2.24, 2.45) is 5.92 Å². The minimum atomic E-state index is -1.38. The second kappa shape index (κ2) is 11.1. The third-order valence-electron chi connectivity index (χ3n) is 6.65. The molecule has 3 rings (SSSR count). The highest BCUT2D eigenvalue weighted by Crippen LogP contribution is 2.35. The number of rotatable bonds is 8. The molecule has 0 bridgehead atoms. The van der Waals surface area contributed by atoms with E-state index in [1.807, 2.05) is 20.8 Å². The van der Waals surface area contributed by atoms with Crippen molar-refractivity contribution in [2.45, 2.75) is 78.2 Å². The molecule has 0 radical (unpaired) electrons. The maximum atomic E-state index is 15.3. The lowest BCUT2D eigenvalue weighted by atomic mass is 9.99. The van der Waals surface area contributed by atoms with Crippen LogP contribution in [0.1, 0.15) is 60.5 Å². The Kier molecular flexibility index (Phi) is 8.54. The fraction of sp³-hybridized carbons (Fsp3) is 0.556. The average Bonchev–Trinajstić information content (AvgIpc) is 3.26. The molecule has 1 fully saturated rings. The van der Waals surface area contributed by atoms with Crippen LogP contribution >= 0.6 is 0 Å². The minimum absolute atomic E-state index is 0.0360. The van der Waals surface area contributed by atoms with E-state index in [1.165, 1.54) is 0 Å². The minimum Gasteiger partial charge on any atom is -0.546 e. The van der Waals surface area contributed by atoms with Gasteiger partial charge in [0.15, 0.2) is 0 Å². The molecule has 1 aromatic carbocycles. The number of halogens is 1. The molecule has 36 heavy (non-hydrogen) atoms. The molecule has 1 saturated heterocycles. The zero-order valence-corrected chi connectivity index (χ0v) is 23.4. The molecule has 0 saturated carbocycles. The Morgan fingerprint density at radius 2 is 1.89 bits per heavy atom. The van der Waals surface area contributed by atoms with Crippen LogP contribution in [0.25, 0.3) is 11.1 Å². The van der Waals surface area contributed by atoms with Crippen LogP contribution in [-0.4, -0.2) is 60.6 Å². The van der Waals surface area contributed by atoms with E-state index in [4.69, 9.17) is 13.9 Å². The third kappa shape index (κ3) is 6.90. The summed E-state index contributed by atoms with van der Waals surface area (Å²) in [4.78, 5) is 22.4. The molecule has 1 unspecified atom stereocenters. The average molecular weight is 516 g/mol. The summed E-state index contributed by atoms with van der Waals surface area (Å²) in [7, 11) is -1.38. The van der Waals surface area contributed by atoms with Crippen molar-refractivity contribution in [3.05, 3.63) is 42.0 Å². The van der Waals surface area contributed by atoms with Gasteiger partial charge in [0.2, 0.25) is 8.65 Å². The van der Waals surface area contributed by atoms with Gasteiger partial charge in [0.05, 0.1) is 13.2 Å². The van der Waals surface area contributed by atoms with Gasteiger partial charge in [-0.15, -0.1) is 0 Å². The molecule has 2 heterocycles. The Morgan fingerprint density at radius 1 is 1.22 bits per heavy atom. The predicted octanol–water partition coefficient (Wildman–Crippen LogP) is 5.63. The second-order valence-corrected chi connectivity index (χ2v) is 13.5. The van der Waals surface area contributed by atoms with Crippen molar-refractivity contribution in [1.82, 2.24) is 14.9 Å². The lowest BCUT2D eigenvalue weighted by Crippen LogP contribution is -2.36. The van der Waals surface area contributed by atoms with Crippen LogP contribution in [0.2, 0.25) is 5.04 Å². The Bertz CT molecular complexity index is 1080. The Morgan fingerprint density at radius 3 is 2.50 bits per heavy atom. The summed E-state index contributed by atoms with van der Waals surface area (Å²) in [5.41, 5.74) is 0.882. The first-order chi connectivity index (χ1) is 16.8. The van der Waals surface area contributed by atoms with Crippen LogP contribution in [0, 0.1) is 11.7 Å². The molecule has 1 atom stereocenters. The number of hydrogen-bond donors (Lipinski definition) is 0. The number of nitrogens with zero attached hydrogens (tertiary/aromatic N) is 3. The van der Waals surface area contributed by atoms with E-state index in [1.54, 1.807) is 35.5 Å². The Hall–Kier alpha value is -2.81. The van der Waals surface area contributed by atoms with Gasteiger partial charge in [-0.2, -0.15) is 0 Å². The standard InChI is InChI=1S/C27H38FN3O4Si/c1-18(2)27(6,7)36(8)33-17-19-10-9-11-22(23(19)28)20-14-29-24(30-15-20)34-21-12-13-31(16-21)25(32)35-26(3,4)5/h9-11,14-15,18,21H,8,12-13,16-17H2,1-7H3. The quantitative estimate of drug-likeness (QED) is 0.424. The third-order valence-corrected chi connectivity index (χ3v) is 9.16. The van der Waals surface area contributed by atoms with Gasteiger partial charge in [0, 0.05) is 47.1 Å². The van der Waals surface area contributed by atoms with Crippen molar-refractivity contribution in [2.75, 3.05) is 13.1 Å². The summed E-state index contributed by atoms with van der Waals surface area (Å²) in [5.74, 6) is 0.0679. The number of benzene rings is 1. The van der Waals surface area contributed by atoms with Crippen LogP contribution in [0.3, 0.4) is 0 Å². The summed E-state index contributed by atoms with van der Waals surface area (Å²) in [6.07, 6.45) is 7.40. The topological polar surface area (TPSA) is 73.8 Å². The first-order valence-electron chi connectivity index (χ1n) is 12.3. The van der Waals surface area contributed by atoms with Gasteiger partial charge in [-0.1, -0.05) is 52.1 Å². The molecule has 0 aliphatic carbocycles. The van der Waals surface area contributed by atoms with Crippen molar-refractivity contribution < 1.29 is 23.1 Å². The molecule has 1 amide bonds. The lowest BCUT2D eigenvalue weighted by Gasteiger charge is -2.30. The monoisotopic (exact) mass is 515 g/mol. The number of amides is 1. The van der Waals surface area contributed by atoms with Crippen molar-refractivity contribution in [3.63, 3.8) is 0 Å². The first-order valence-corrected chi connectivity index (χ1v) is 14.0. The van der Waals surface area contributed by atoms with Crippen LogP contribution in [0.4, 0.5) is 9.18 Å². The predicted molar refractivity (Wildman–Crippen MR) is 141 cm³/mol. The van der Waals surface area contributed by atoms with Crippen molar-refractivity contribution in [1.29, 1.82) is 0 Å². The molecule has 9 heteroatoms. The number of aromatic nitrogens is 2. The second-order valence-electron chi connectivity index (χ2n) is 11.1. The van der Waals surface area contributed by atoms with E-state index >= 15 is 4.39 Å². The van der Waals surface area contributed by atoms with E-state index in [2.05, 4.69) is 43.8 Å². The zero-order valence-electron chi connectivity index (χ0n) is 22.4. The maximum absolute atomic E-state index is 15.3. The first kappa shape index (κ1) is 27.8. The number of hydrogen-bond acceptors (Lipinski definition) is 6. The Balaban J connectivity index is 1.62. The smallest absolute Gasteiger partial charge is 0.410 e. The molecule has 2 aromatic rings. The van der Waals surface area contributed by atoms with E-state index in [-0.39, 0.29) is 35.7 Å². The zero-order chi connectivity index (χ0) is 26.7. The van der Waals surface area contributed by atoms with E-state index < -0.39 is 14.3 Å². The molecule has 1 aliphatic heterocycles. The summed E-state index contributed by atoms with van der Waals surface area (Å²) in [6, 6.07) is 5.41. The summed E-state index contributed by atoms with van der Waals surface area (Å²) >= 11 is 0. The van der Waals surface area contributed by atoms with Gasteiger partial charge in [0.25, 0.3) is 0 Å². The molecule has 0 spiro atoms. The highest BCUT2D eigenvalue weighted by molar-refractivity contribution is 6.58. The lowest BCUT2D eigenvalue weighted by molar-refractivity contribution is 0.0274. The highest BCUT2D eigenvalue weighted by atomic mass is 28.3. The number of carbonyl (C=O) groups is 1. The van der Waals surface area contributed by atoms with Crippen molar-refractivity contribution >= 4 is 20.9 Å². The van der Waals surface area contributed by atoms with Gasteiger partial charge in [0.1, 0.15) is 17.5 Å². The number of ether oxygens (including phenoxy) is 2. The van der Waals surface area contributed by atoms with Gasteiger partial charge in [-0.3, -0.25) is 0 Å². The van der Waals surface area contributed by atoms with Gasteiger partial charge in [-0.25, -0.2) is 19.2 Å². The normalized spacial score (nSPS) is 16.2. The van der Waals surface area contributed by atoms with Crippen molar-refractivity contribution in [3.8, 4) is 17.1 Å². The molecular weight excluding hydrogens is 477 g/mol. The molecule has 1 aliphatic rings. The van der Waals surface area contributed by atoms with E-state index in [0.717, 1.165) is 0 Å². The summed E-state index contributed by atoms with van der Waals surface area (Å²) in [6.45, 7) is 15.2. The number of carbonyl (C=O) groups excluding carboxylic acids is 1. The number of likely N-dealkylation sites (tertiary alicyclic amines) is 1. The van der Waals surface area contributed by atoms with Crippen LogP contribution in [0.15, 0.2) is 30.6 Å². The summed E-state index contributed by atoms with van der Waals surface area (Å²) < 4.78 is 32.6. The fourth-order valence-corrected chi connectivity index (χ4v) is 4.91. The van der Waals surface area contributed by atoms with Gasteiger partial charge in [-0.05, 0) is 26.7 Å².